The van der Waals surface area contributed by atoms with Gasteiger partial charge in [0.1, 0.15) is 11.6 Å². The van der Waals surface area contributed by atoms with Gasteiger partial charge in [0.25, 0.3) is 0 Å². The summed E-state index contributed by atoms with van der Waals surface area (Å²) in [5.41, 5.74) is 0.709. The number of aliphatic hydroxyl groups is 1. The van der Waals surface area contributed by atoms with Gasteiger partial charge in [0, 0.05) is 17.1 Å². The third-order valence-corrected chi connectivity index (χ3v) is 3.03. The lowest BCUT2D eigenvalue weighted by molar-refractivity contribution is 0.249. The van der Waals surface area contributed by atoms with E-state index in [1.54, 1.807) is 25.4 Å². The summed E-state index contributed by atoms with van der Waals surface area (Å²) in [7, 11) is 1.58. The highest BCUT2D eigenvalue weighted by Gasteiger charge is 2.10. The first-order valence-electron chi connectivity index (χ1n) is 5.13. The largest absolute Gasteiger partial charge is 0.493 e. The van der Waals surface area contributed by atoms with Crippen molar-refractivity contribution < 1.29 is 14.6 Å². The van der Waals surface area contributed by atoms with Gasteiger partial charge >= 0.3 is 0 Å². The summed E-state index contributed by atoms with van der Waals surface area (Å²) in [6.07, 6.45) is 1.73. The number of methoxy groups -OCH3 is 1. The molecule has 0 aliphatic carbocycles. The average Bonchev–Trinajstić information content (AvgIpc) is 2.88. The van der Waals surface area contributed by atoms with E-state index in [9.17, 15) is 5.11 Å². The molecular weight excluding hydrogens is 238 g/mol. The average molecular weight is 251 g/mol. The smallest absolute Gasteiger partial charge is 0.167 e. The topological polar surface area (TPSA) is 51.6 Å². The molecular formula is C12H13NO3S. The van der Waals surface area contributed by atoms with Crippen LogP contribution in [0.5, 0.6) is 11.5 Å². The van der Waals surface area contributed by atoms with Gasteiger partial charge in [-0.05, 0) is 6.07 Å². The fourth-order valence-corrected chi connectivity index (χ4v) is 2.00. The fourth-order valence-electron chi connectivity index (χ4n) is 1.47. The van der Waals surface area contributed by atoms with E-state index in [0.29, 0.717) is 23.7 Å². The van der Waals surface area contributed by atoms with Crippen LogP contribution in [-0.4, -0.2) is 17.2 Å². The molecule has 0 aliphatic heterocycles. The van der Waals surface area contributed by atoms with Crippen molar-refractivity contribution in [3.63, 3.8) is 0 Å². The Morgan fingerprint density at radius 3 is 2.94 bits per heavy atom. The van der Waals surface area contributed by atoms with Crippen LogP contribution in [0.15, 0.2) is 29.8 Å². The van der Waals surface area contributed by atoms with Gasteiger partial charge in [-0.2, -0.15) is 0 Å². The third kappa shape index (κ3) is 2.75. The molecule has 0 atom stereocenters. The molecule has 0 amide bonds. The van der Waals surface area contributed by atoms with Crippen LogP contribution >= 0.6 is 11.3 Å². The van der Waals surface area contributed by atoms with Gasteiger partial charge in [-0.1, -0.05) is 12.1 Å². The Hall–Kier alpha value is -1.59. The zero-order valence-corrected chi connectivity index (χ0v) is 10.2. The molecule has 0 saturated heterocycles. The zero-order valence-electron chi connectivity index (χ0n) is 9.42. The van der Waals surface area contributed by atoms with Crippen molar-refractivity contribution in [3.8, 4) is 11.5 Å². The lowest BCUT2D eigenvalue weighted by atomic mass is 10.2. The maximum atomic E-state index is 9.25. The first kappa shape index (κ1) is 11.9. The van der Waals surface area contributed by atoms with Gasteiger partial charge in [0.05, 0.1) is 13.7 Å². The van der Waals surface area contributed by atoms with Crippen molar-refractivity contribution in [1.82, 2.24) is 4.98 Å². The Labute approximate surface area is 103 Å². The highest BCUT2D eigenvalue weighted by atomic mass is 32.1. The SMILES string of the molecule is COc1cccc(CO)c1OCc1nccs1. The fraction of sp³-hybridized carbons (Fsp3) is 0.250. The standard InChI is InChI=1S/C12H13NO3S/c1-15-10-4-2-3-9(7-14)12(10)16-8-11-13-5-6-17-11/h2-6,14H,7-8H2,1H3. The van der Waals surface area contributed by atoms with E-state index in [-0.39, 0.29) is 6.61 Å². The van der Waals surface area contributed by atoms with Gasteiger partial charge in [-0.25, -0.2) is 4.98 Å². The summed E-state index contributed by atoms with van der Waals surface area (Å²) in [5.74, 6) is 1.20. The normalized spacial score (nSPS) is 10.2. The van der Waals surface area contributed by atoms with Crippen LogP contribution in [0.4, 0.5) is 0 Å². The number of rotatable bonds is 5. The molecule has 0 bridgehead atoms. The van der Waals surface area contributed by atoms with Gasteiger partial charge in [0.15, 0.2) is 11.5 Å². The van der Waals surface area contributed by atoms with Crippen molar-refractivity contribution in [1.29, 1.82) is 0 Å². The van der Waals surface area contributed by atoms with E-state index in [2.05, 4.69) is 4.98 Å². The molecule has 2 rings (SSSR count). The Kier molecular flexibility index (Phi) is 3.95. The first-order chi connectivity index (χ1) is 8.35. The second-order valence-corrected chi connectivity index (χ2v) is 4.30. The molecule has 0 unspecified atom stereocenters. The van der Waals surface area contributed by atoms with Crippen LogP contribution in [0.3, 0.4) is 0 Å². The van der Waals surface area contributed by atoms with Crippen LogP contribution in [0, 0.1) is 0 Å². The number of benzene rings is 1. The van der Waals surface area contributed by atoms with Crippen LogP contribution in [0.1, 0.15) is 10.6 Å². The number of aromatic nitrogens is 1. The molecule has 0 saturated carbocycles. The maximum Gasteiger partial charge on any atom is 0.167 e. The van der Waals surface area contributed by atoms with Crippen molar-refractivity contribution >= 4 is 11.3 Å². The molecule has 0 spiro atoms. The molecule has 1 aromatic heterocycles. The highest BCUT2D eigenvalue weighted by molar-refractivity contribution is 7.09. The monoisotopic (exact) mass is 251 g/mol. The molecule has 0 radical (unpaired) electrons. The molecule has 17 heavy (non-hydrogen) atoms. The van der Waals surface area contributed by atoms with E-state index in [1.807, 2.05) is 11.4 Å². The second kappa shape index (κ2) is 5.65. The Bertz CT molecular complexity index is 448. The summed E-state index contributed by atoms with van der Waals surface area (Å²) in [4.78, 5) is 4.13. The predicted molar refractivity (Wildman–Crippen MR) is 65.4 cm³/mol. The van der Waals surface area contributed by atoms with Gasteiger partial charge in [0.2, 0.25) is 0 Å². The van der Waals surface area contributed by atoms with Crippen molar-refractivity contribution in [2.24, 2.45) is 0 Å². The minimum Gasteiger partial charge on any atom is -0.493 e. The molecule has 0 aliphatic rings. The summed E-state index contributed by atoms with van der Waals surface area (Å²) < 4.78 is 10.9. The second-order valence-electron chi connectivity index (χ2n) is 3.32. The predicted octanol–water partition coefficient (Wildman–Crippen LogP) is 2.22. The Morgan fingerprint density at radius 2 is 2.29 bits per heavy atom. The summed E-state index contributed by atoms with van der Waals surface area (Å²) >= 11 is 1.53. The third-order valence-electron chi connectivity index (χ3n) is 2.27. The van der Waals surface area contributed by atoms with E-state index in [0.717, 1.165) is 5.01 Å². The van der Waals surface area contributed by atoms with E-state index in [4.69, 9.17) is 9.47 Å². The summed E-state index contributed by atoms with van der Waals surface area (Å²) in [6.45, 7) is 0.301. The molecule has 1 N–H and O–H groups in total. The van der Waals surface area contributed by atoms with E-state index in [1.165, 1.54) is 11.3 Å². The number of hydrogen-bond donors (Lipinski definition) is 1. The number of nitrogens with zero attached hydrogens (tertiary/aromatic N) is 1. The molecule has 2 aromatic rings. The van der Waals surface area contributed by atoms with Crippen LogP contribution in [-0.2, 0) is 13.2 Å². The number of ether oxygens (including phenoxy) is 2. The van der Waals surface area contributed by atoms with E-state index < -0.39 is 0 Å². The van der Waals surface area contributed by atoms with Gasteiger partial charge in [-0.15, -0.1) is 11.3 Å². The molecule has 1 heterocycles. The lowest BCUT2D eigenvalue weighted by Crippen LogP contribution is -2.00. The molecule has 5 heteroatoms. The number of thiazole rings is 1. The highest BCUT2D eigenvalue weighted by Crippen LogP contribution is 2.31. The first-order valence-corrected chi connectivity index (χ1v) is 6.01. The number of para-hydroxylation sites is 1. The van der Waals surface area contributed by atoms with Crippen LogP contribution in [0.2, 0.25) is 0 Å². The molecule has 4 nitrogen and oxygen atoms in total. The molecule has 1 aromatic carbocycles. The maximum absolute atomic E-state index is 9.25. The van der Waals surface area contributed by atoms with Crippen LogP contribution < -0.4 is 9.47 Å². The van der Waals surface area contributed by atoms with Crippen LogP contribution in [0.25, 0.3) is 0 Å². The quantitative estimate of drug-likeness (QED) is 0.885. The molecule has 0 fully saturated rings. The summed E-state index contributed by atoms with van der Waals surface area (Å²) in [6, 6.07) is 5.43. The van der Waals surface area contributed by atoms with Gasteiger partial charge in [-0.3, -0.25) is 0 Å². The minimum atomic E-state index is -0.0790. The van der Waals surface area contributed by atoms with Crippen molar-refractivity contribution in [3.05, 3.63) is 40.3 Å². The number of aliphatic hydroxyl groups excluding tert-OH is 1. The Balaban J connectivity index is 2.18. The zero-order chi connectivity index (χ0) is 12.1. The minimum absolute atomic E-state index is 0.0790. The van der Waals surface area contributed by atoms with E-state index >= 15 is 0 Å². The molecule has 90 valence electrons. The number of hydrogen-bond acceptors (Lipinski definition) is 5. The Morgan fingerprint density at radius 1 is 1.41 bits per heavy atom. The summed E-state index contributed by atoms with van der Waals surface area (Å²) in [5, 5.41) is 12.0. The van der Waals surface area contributed by atoms with Gasteiger partial charge < -0.3 is 14.6 Å². The van der Waals surface area contributed by atoms with Crippen molar-refractivity contribution in [2.75, 3.05) is 7.11 Å². The van der Waals surface area contributed by atoms with Crippen molar-refractivity contribution in [2.45, 2.75) is 13.2 Å². The lowest BCUT2D eigenvalue weighted by Gasteiger charge is -2.12.